The van der Waals surface area contributed by atoms with E-state index in [1.807, 2.05) is 0 Å². The minimum atomic E-state index is -2.51. The van der Waals surface area contributed by atoms with E-state index in [4.69, 9.17) is 14.6 Å². The molecule has 1 fully saturated rings. The highest BCUT2D eigenvalue weighted by Crippen LogP contribution is 2.25. The quantitative estimate of drug-likeness (QED) is 0.137. The monoisotopic (exact) mass is 386 g/mol. The number of hydrogen-bond acceptors (Lipinski definition) is 13. The molecule has 14 nitrogen and oxygen atoms in total. The van der Waals surface area contributed by atoms with Gasteiger partial charge in [0.2, 0.25) is 12.6 Å². The number of rotatable bonds is 10. The molecule has 0 amide bonds. The van der Waals surface area contributed by atoms with Crippen LogP contribution in [0.3, 0.4) is 0 Å². The van der Waals surface area contributed by atoms with E-state index in [0.29, 0.717) is 0 Å². The van der Waals surface area contributed by atoms with Crippen molar-refractivity contribution in [1.29, 1.82) is 0 Å². The Kier molecular flexibility index (Phi) is 8.25. The van der Waals surface area contributed by atoms with Crippen LogP contribution in [0.2, 0.25) is 0 Å². The highest BCUT2D eigenvalue weighted by atomic mass is 16.8. The lowest BCUT2D eigenvalue weighted by Crippen LogP contribution is -2.61. The molecule has 0 aliphatic carbocycles. The van der Waals surface area contributed by atoms with Gasteiger partial charge in [0.25, 0.3) is 12.9 Å². The number of carbonyl (C=O) groups excluding carboxylic acids is 2. The molecule has 7 N–H and O–H groups in total. The molecule has 1 saturated heterocycles. The normalized spacial score (nSPS) is 33.4. The van der Waals surface area contributed by atoms with Crippen LogP contribution >= 0.6 is 0 Å². The fourth-order valence-corrected chi connectivity index (χ4v) is 2.03. The average molecular weight is 386 g/mol. The summed E-state index contributed by atoms with van der Waals surface area (Å²) < 4.78 is 18.2. The molecule has 1 rings (SSSR count). The number of ether oxygens (including phenoxy) is 4. The first kappa shape index (κ1) is 22.1. The first-order valence-corrected chi connectivity index (χ1v) is 6.96. The Morgan fingerprint density at radius 1 is 0.962 bits per heavy atom. The minimum Gasteiger partial charge on any atom is -0.479 e. The van der Waals surface area contributed by atoms with Crippen LogP contribution in [0.1, 0.15) is 0 Å². The molecule has 0 bridgehead atoms. The van der Waals surface area contributed by atoms with Crippen molar-refractivity contribution < 1.29 is 69.1 Å². The third kappa shape index (κ3) is 5.05. The van der Waals surface area contributed by atoms with Crippen LogP contribution in [0.15, 0.2) is 0 Å². The molecule has 0 radical (unpaired) electrons. The Hall–Kier alpha value is -1.91. The molecule has 1 aliphatic heterocycles. The second kappa shape index (κ2) is 9.70. The maximum atomic E-state index is 10.7. The lowest BCUT2D eigenvalue weighted by molar-refractivity contribution is -0.363. The van der Waals surface area contributed by atoms with E-state index in [1.165, 1.54) is 0 Å². The number of carboxylic acid groups (broad SMARTS) is 1. The summed E-state index contributed by atoms with van der Waals surface area (Å²) in [5.41, 5.74) is 0. The van der Waals surface area contributed by atoms with Gasteiger partial charge < -0.3 is 54.7 Å². The lowest BCUT2D eigenvalue weighted by Gasteiger charge is -2.41. The van der Waals surface area contributed by atoms with Crippen LogP contribution in [0.5, 0.6) is 0 Å². The van der Waals surface area contributed by atoms with Gasteiger partial charge in [-0.1, -0.05) is 0 Å². The zero-order valence-electron chi connectivity index (χ0n) is 12.8. The molecule has 0 aromatic rings. The van der Waals surface area contributed by atoms with Crippen LogP contribution in [-0.2, 0) is 33.3 Å². The highest BCUT2D eigenvalue weighted by molar-refractivity contribution is 5.72. The van der Waals surface area contributed by atoms with Gasteiger partial charge in [-0.05, 0) is 0 Å². The van der Waals surface area contributed by atoms with Gasteiger partial charge in [-0.3, -0.25) is 9.59 Å². The molecule has 1 heterocycles. The number of carboxylic acids is 1. The molecule has 9 unspecified atom stereocenters. The zero-order valence-corrected chi connectivity index (χ0v) is 12.8. The summed E-state index contributed by atoms with van der Waals surface area (Å²) >= 11 is 0. The molecule has 9 atom stereocenters. The second-order valence-corrected chi connectivity index (χ2v) is 5.07. The first-order valence-electron chi connectivity index (χ1n) is 6.96. The first-order chi connectivity index (χ1) is 12.1. The largest absolute Gasteiger partial charge is 0.479 e. The van der Waals surface area contributed by atoms with Crippen LogP contribution < -0.4 is 0 Å². The topological polar surface area (TPSA) is 230 Å². The smallest absolute Gasteiger partial charge is 0.335 e. The molecule has 0 aromatic heterocycles. The van der Waals surface area contributed by atoms with Crippen molar-refractivity contribution in [2.24, 2.45) is 0 Å². The number of aliphatic hydroxyl groups is 6. The van der Waals surface area contributed by atoms with Gasteiger partial charge in [0.1, 0.15) is 24.4 Å². The molecule has 14 heteroatoms. The molecule has 26 heavy (non-hydrogen) atoms. The second-order valence-electron chi connectivity index (χ2n) is 5.07. The van der Waals surface area contributed by atoms with Crippen molar-refractivity contribution in [2.45, 2.75) is 55.5 Å². The fourth-order valence-electron chi connectivity index (χ4n) is 2.03. The standard InChI is InChI=1S/C12H18O14/c13-1-23-10(22)8(4(16)5(17)9(20)21)25-12-7(19)3(15)6(18)11(26-12)24-2-14/h1-8,10-12,15-19,22H,(H,20,21). The van der Waals surface area contributed by atoms with Crippen LogP contribution in [0.25, 0.3) is 0 Å². The van der Waals surface area contributed by atoms with Gasteiger partial charge in [-0.15, -0.1) is 0 Å². The average Bonchev–Trinajstić information content (AvgIpc) is 2.60. The summed E-state index contributed by atoms with van der Waals surface area (Å²) in [6.45, 7) is -0.434. The third-order valence-corrected chi connectivity index (χ3v) is 3.40. The van der Waals surface area contributed by atoms with Gasteiger partial charge in [-0.25, -0.2) is 4.79 Å². The van der Waals surface area contributed by atoms with Crippen molar-refractivity contribution in [3.63, 3.8) is 0 Å². The van der Waals surface area contributed by atoms with E-state index in [0.717, 1.165) is 0 Å². The number of hydrogen-bond donors (Lipinski definition) is 7. The van der Waals surface area contributed by atoms with E-state index in [2.05, 4.69) is 9.47 Å². The summed E-state index contributed by atoms with van der Waals surface area (Å²) in [5.74, 6) is -1.92. The molecular weight excluding hydrogens is 368 g/mol. The van der Waals surface area contributed by atoms with Crippen LogP contribution in [0.4, 0.5) is 0 Å². The summed E-state index contributed by atoms with van der Waals surface area (Å²) in [6, 6.07) is 0. The van der Waals surface area contributed by atoms with Crippen molar-refractivity contribution in [3.05, 3.63) is 0 Å². The molecule has 150 valence electrons. The van der Waals surface area contributed by atoms with Gasteiger partial charge >= 0.3 is 5.97 Å². The maximum Gasteiger partial charge on any atom is 0.335 e. The number of aliphatic carboxylic acids is 1. The molecule has 0 saturated carbocycles. The predicted octanol–water partition coefficient (Wildman–Crippen LogP) is -5.39. The third-order valence-electron chi connectivity index (χ3n) is 3.40. The van der Waals surface area contributed by atoms with E-state index >= 15 is 0 Å². The Morgan fingerprint density at radius 3 is 2.04 bits per heavy atom. The zero-order chi connectivity index (χ0) is 20.0. The van der Waals surface area contributed by atoms with Gasteiger partial charge in [-0.2, -0.15) is 0 Å². The van der Waals surface area contributed by atoms with E-state index < -0.39 is 61.5 Å². The van der Waals surface area contributed by atoms with E-state index in [9.17, 15) is 45.0 Å². The fraction of sp³-hybridized carbons (Fsp3) is 0.750. The Labute approximate surface area is 144 Å². The molecular formula is C12H18O14. The van der Waals surface area contributed by atoms with Gasteiger partial charge in [0.15, 0.2) is 18.5 Å². The van der Waals surface area contributed by atoms with E-state index in [1.54, 1.807) is 0 Å². The highest BCUT2D eigenvalue weighted by Gasteiger charge is 2.49. The summed E-state index contributed by atoms with van der Waals surface area (Å²) in [6.07, 6.45) is -19.2. The molecule has 0 aromatic carbocycles. The van der Waals surface area contributed by atoms with Gasteiger partial charge in [0.05, 0.1) is 0 Å². The Morgan fingerprint density at radius 2 is 1.54 bits per heavy atom. The molecule has 1 aliphatic rings. The van der Waals surface area contributed by atoms with Crippen molar-refractivity contribution in [2.75, 3.05) is 0 Å². The predicted molar refractivity (Wildman–Crippen MR) is 71.5 cm³/mol. The minimum absolute atomic E-state index is 0.153. The lowest BCUT2D eigenvalue weighted by atomic mass is 10.0. The number of aliphatic hydroxyl groups excluding tert-OH is 6. The van der Waals surface area contributed by atoms with Crippen molar-refractivity contribution >= 4 is 18.9 Å². The van der Waals surface area contributed by atoms with Crippen LogP contribution in [-0.4, -0.2) is 110 Å². The maximum absolute atomic E-state index is 10.7. The van der Waals surface area contributed by atoms with Crippen molar-refractivity contribution in [1.82, 2.24) is 0 Å². The number of carbonyl (C=O) groups is 3. The molecule has 0 spiro atoms. The summed E-state index contributed by atoms with van der Waals surface area (Å²) in [5, 5.41) is 66.6. The van der Waals surface area contributed by atoms with Crippen LogP contribution in [0, 0.1) is 0 Å². The Bertz CT molecular complexity index is 485. The Balaban J connectivity index is 3.01. The van der Waals surface area contributed by atoms with Crippen molar-refractivity contribution in [3.8, 4) is 0 Å². The van der Waals surface area contributed by atoms with Gasteiger partial charge in [0, 0.05) is 0 Å². The SMILES string of the molecule is O=COC(O)C(OC1OC(OC=O)C(O)C(O)C1O)C(O)C(O)C(=O)O. The summed E-state index contributed by atoms with van der Waals surface area (Å²) in [7, 11) is 0. The van der Waals surface area contributed by atoms with E-state index in [-0.39, 0.29) is 12.9 Å². The summed E-state index contributed by atoms with van der Waals surface area (Å²) in [4.78, 5) is 31.4.